The maximum Gasteiger partial charge on any atom is 0.0227 e. The van der Waals surface area contributed by atoms with Crippen LogP contribution in [0.5, 0.6) is 0 Å². The molecule has 1 atom stereocenters. The quantitative estimate of drug-likeness (QED) is 0.489. The Balaban J connectivity index is 3.49. The van der Waals surface area contributed by atoms with Crippen molar-refractivity contribution in [1.29, 1.82) is 0 Å². The van der Waals surface area contributed by atoms with Gasteiger partial charge in [-0.15, -0.1) is 6.58 Å². The van der Waals surface area contributed by atoms with E-state index in [1.807, 2.05) is 7.05 Å². The van der Waals surface area contributed by atoms with Gasteiger partial charge in [-0.1, -0.05) is 24.4 Å². The number of hydrogen-bond donors (Lipinski definition) is 1. The molecule has 1 N–H and O–H groups in total. The normalized spacial score (nSPS) is 13.1. The van der Waals surface area contributed by atoms with E-state index in [0.717, 1.165) is 6.42 Å². The highest BCUT2D eigenvalue weighted by molar-refractivity contribution is 7.98. The molecule has 0 rings (SSSR count). The number of allylic oxidation sites excluding steroid dienone is 1. The minimum absolute atomic E-state index is 0.697. The summed E-state index contributed by atoms with van der Waals surface area (Å²) in [5.74, 6) is 0. The van der Waals surface area contributed by atoms with Crippen molar-refractivity contribution >= 4 is 11.9 Å². The lowest BCUT2D eigenvalue weighted by molar-refractivity contribution is 0.806. The van der Waals surface area contributed by atoms with Crippen LogP contribution in [-0.2, 0) is 0 Å². The highest BCUT2D eigenvalue weighted by Crippen LogP contribution is 2.17. The van der Waals surface area contributed by atoms with E-state index in [9.17, 15) is 0 Å². The molecule has 1 nitrogen and oxygen atoms in total. The summed E-state index contributed by atoms with van der Waals surface area (Å²) in [7, 11) is 1.96. The third kappa shape index (κ3) is 4.89. The number of hydrogen-bond acceptors (Lipinski definition) is 2. The summed E-state index contributed by atoms with van der Waals surface area (Å²) in [6, 6.07) is 0. The lowest BCUT2D eigenvalue weighted by Gasteiger charge is -2.12. The molecule has 0 spiro atoms. The van der Waals surface area contributed by atoms with Crippen molar-refractivity contribution in [3.05, 3.63) is 12.2 Å². The molecule has 1 unspecified atom stereocenters. The van der Waals surface area contributed by atoms with Gasteiger partial charge < -0.3 is 0 Å². The van der Waals surface area contributed by atoms with Gasteiger partial charge in [-0.05, 0) is 26.8 Å². The predicted octanol–water partition coefficient (Wildman–Crippen LogP) is 2.60. The van der Waals surface area contributed by atoms with Crippen LogP contribution in [0.25, 0.3) is 0 Å². The van der Waals surface area contributed by atoms with Gasteiger partial charge >= 0.3 is 0 Å². The van der Waals surface area contributed by atoms with Gasteiger partial charge in [0.05, 0.1) is 0 Å². The molecule has 0 radical (unpaired) electrons. The predicted molar refractivity (Wildman–Crippen MR) is 50.2 cm³/mol. The van der Waals surface area contributed by atoms with Gasteiger partial charge in [0.15, 0.2) is 0 Å². The van der Waals surface area contributed by atoms with E-state index in [-0.39, 0.29) is 0 Å². The van der Waals surface area contributed by atoms with Gasteiger partial charge in [0.2, 0.25) is 0 Å². The second-order valence-electron chi connectivity index (χ2n) is 2.51. The first-order chi connectivity index (χ1) is 4.70. The molecule has 0 aliphatic carbocycles. The smallest absolute Gasteiger partial charge is 0.0227 e. The minimum atomic E-state index is 0.697. The van der Waals surface area contributed by atoms with Gasteiger partial charge in [-0.3, -0.25) is 4.72 Å². The summed E-state index contributed by atoms with van der Waals surface area (Å²) in [5.41, 5.74) is 1.27. The van der Waals surface area contributed by atoms with Crippen molar-refractivity contribution in [2.75, 3.05) is 7.05 Å². The molecule has 0 aromatic carbocycles. The summed E-state index contributed by atoms with van der Waals surface area (Å²) in [6.07, 6.45) is 2.33. The van der Waals surface area contributed by atoms with E-state index in [4.69, 9.17) is 0 Å². The van der Waals surface area contributed by atoms with Gasteiger partial charge in [0.25, 0.3) is 0 Å². The molecule has 0 fully saturated rings. The Bertz CT molecular complexity index is 101. The van der Waals surface area contributed by atoms with Crippen LogP contribution in [0.4, 0.5) is 0 Å². The van der Waals surface area contributed by atoms with E-state index in [0.29, 0.717) is 5.25 Å². The Labute approximate surface area is 68.4 Å². The molecule has 0 aliphatic rings. The fourth-order valence-corrected chi connectivity index (χ4v) is 1.69. The minimum Gasteiger partial charge on any atom is -0.267 e. The molecule has 0 saturated heterocycles. The Morgan fingerprint density at radius 2 is 2.30 bits per heavy atom. The van der Waals surface area contributed by atoms with Gasteiger partial charge in [0.1, 0.15) is 0 Å². The zero-order valence-corrected chi connectivity index (χ0v) is 7.92. The summed E-state index contributed by atoms with van der Waals surface area (Å²) >= 11 is 1.79. The van der Waals surface area contributed by atoms with Crippen LogP contribution in [0, 0.1) is 0 Å². The van der Waals surface area contributed by atoms with Gasteiger partial charge in [-0.25, -0.2) is 0 Å². The highest BCUT2D eigenvalue weighted by atomic mass is 32.2. The molecular formula is C8H17NS. The third-order valence-corrected chi connectivity index (χ3v) is 2.39. The first-order valence-electron chi connectivity index (χ1n) is 3.67. The van der Waals surface area contributed by atoms with Crippen molar-refractivity contribution in [2.45, 2.75) is 31.9 Å². The summed E-state index contributed by atoms with van der Waals surface area (Å²) in [5, 5.41) is 0.697. The Hall–Kier alpha value is 0.0500. The average Bonchev–Trinajstić information content (AvgIpc) is 1.86. The second-order valence-corrected chi connectivity index (χ2v) is 3.82. The number of rotatable bonds is 5. The fraction of sp³-hybridized carbons (Fsp3) is 0.750. The summed E-state index contributed by atoms with van der Waals surface area (Å²) in [6.45, 7) is 8.17. The van der Waals surface area contributed by atoms with Crippen molar-refractivity contribution in [3.8, 4) is 0 Å². The van der Waals surface area contributed by atoms with Crippen molar-refractivity contribution in [3.63, 3.8) is 0 Å². The van der Waals surface area contributed by atoms with Gasteiger partial charge in [0, 0.05) is 5.25 Å². The molecule has 2 heteroatoms. The molecular weight excluding hydrogens is 142 g/mol. The fourth-order valence-electron chi connectivity index (χ4n) is 0.825. The zero-order chi connectivity index (χ0) is 7.98. The van der Waals surface area contributed by atoms with Crippen LogP contribution in [0.15, 0.2) is 12.2 Å². The van der Waals surface area contributed by atoms with Crippen LogP contribution < -0.4 is 4.72 Å². The lowest BCUT2D eigenvalue weighted by Crippen LogP contribution is -2.07. The molecule has 0 amide bonds. The molecule has 0 heterocycles. The molecule has 0 saturated carbocycles. The van der Waals surface area contributed by atoms with Crippen molar-refractivity contribution in [2.24, 2.45) is 0 Å². The molecule has 0 aromatic heterocycles. The van der Waals surface area contributed by atoms with E-state index in [2.05, 4.69) is 25.1 Å². The molecule has 0 aromatic rings. The van der Waals surface area contributed by atoms with Gasteiger partial charge in [-0.2, -0.15) is 0 Å². The Morgan fingerprint density at radius 1 is 1.70 bits per heavy atom. The third-order valence-electron chi connectivity index (χ3n) is 1.32. The van der Waals surface area contributed by atoms with Crippen LogP contribution in [0.2, 0.25) is 0 Å². The second kappa shape index (κ2) is 5.81. The molecule has 0 aliphatic heterocycles. The Morgan fingerprint density at radius 3 is 2.60 bits per heavy atom. The van der Waals surface area contributed by atoms with Crippen molar-refractivity contribution in [1.82, 2.24) is 4.72 Å². The highest BCUT2D eigenvalue weighted by Gasteiger charge is 2.04. The molecule has 60 valence electrons. The summed E-state index contributed by atoms with van der Waals surface area (Å²) in [4.78, 5) is 0. The van der Waals surface area contributed by atoms with Crippen LogP contribution in [0.1, 0.15) is 26.7 Å². The maximum absolute atomic E-state index is 3.88. The van der Waals surface area contributed by atoms with E-state index >= 15 is 0 Å². The first-order valence-corrected chi connectivity index (χ1v) is 4.55. The van der Waals surface area contributed by atoms with E-state index < -0.39 is 0 Å². The summed E-state index contributed by atoms with van der Waals surface area (Å²) < 4.78 is 3.10. The number of nitrogens with one attached hydrogen (secondary N) is 1. The van der Waals surface area contributed by atoms with Crippen LogP contribution in [0.3, 0.4) is 0 Å². The maximum atomic E-state index is 3.88. The standard InChI is InChI=1S/C8H17NS/c1-5-8(10-9-4)6-7(2)3/h8-9H,2,5-6H2,1,3-4H3. The largest absolute Gasteiger partial charge is 0.267 e. The SMILES string of the molecule is C=C(C)CC(CC)SNC. The van der Waals surface area contributed by atoms with E-state index in [1.165, 1.54) is 12.0 Å². The lowest BCUT2D eigenvalue weighted by atomic mass is 10.1. The van der Waals surface area contributed by atoms with Crippen LogP contribution >= 0.6 is 11.9 Å². The molecule has 0 bridgehead atoms. The van der Waals surface area contributed by atoms with Crippen LogP contribution in [-0.4, -0.2) is 12.3 Å². The zero-order valence-electron chi connectivity index (χ0n) is 7.11. The topological polar surface area (TPSA) is 12.0 Å². The first kappa shape index (κ1) is 10.0. The Kier molecular flexibility index (Phi) is 5.84. The van der Waals surface area contributed by atoms with Crippen molar-refractivity contribution < 1.29 is 0 Å². The van der Waals surface area contributed by atoms with E-state index in [1.54, 1.807) is 11.9 Å². The monoisotopic (exact) mass is 159 g/mol. The molecule has 10 heavy (non-hydrogen) atoms. The average molecular weight is 159 g/mol.